The highest BCUT2D eigenvalue weighted by molar-refractivity contribution is 7.89. The van der Waals surface area contributed by atoms with Gasteiger partial charge in [0.2, 0.25) is 10.0 Å². The van der Waals surface area contributed by atoms with Crippen LogP contribution in [0.5, 0.6) is 0 Å². The highest BCUT2D eigenvalue weighted by Gasteiger charge is 2.18. The molecule has 0 unspecified atom stereocenters. The molecular weight excluding hydrogens is 452 g/mol. The Kier molecular flexibility index (Phi) is 8.82. The van der Waals surface area contributed by atoms with Crippen molar-refractivity contribution in [2.75, 3.05) is 58.8 Å². The third-order valence-electron chi connectivity index (χ3n) is 5.08. The molecule has 0 spiro atoms. The van der Waals surface area contributed by atoms with Crippen LogP contribution in [0.25, 0.3) is 0 Å². The predicted octanol–water partition coefficient (Wildman–Crippen LogP) is 2.92. The van der Waals surface area contributed by atoms with Crippen LogP contribution in [0.4, 0.5) is 5.69 Å². The van der Waals surface area contributed by atoms with E-state index in [0.29, 0.717) is 10.8 Å². The predicted molar refractivity (Wildman–Crippen MR) is 130 cm³/mol. The molecule has 1 saturated heterocycles. The lowest BCUT2D eigenvalue weighted by atomic mass is 10.3. The Morgan fingerprint density at radius 2 is 2.00 bits per heavy atom. The van der Waals surface area contributed by atoms with Gasteiger partial charge in [-0.25, -0.2) is 12.7 Å². The van der Waals surface area contributed by atoms with Crippen LogP contribution in [-0.4, -0.2) is 81.1 Å². The summed E-state index contributed by atoms with van der Waals surface area (Å²) >= 11 is 7.42. The number of nitrogens with zero attached hydrogens (tertiary/aromatic N) is 3. The first-order valence-electron chi connectivity index (χ1n) is 10.3. The summed E-state index contributed by atoms with van der Waals surface area (Å²) in [7, 11) is -0.451. The third kappa shape index (κ3) is 6.96. The van der Waals surface area contributed by atoms with Crippen molar-refractivity contribution < 1.29 is 13.2 Å². The summed E-state index contributed by atoms with van der Waals surface area (Å²) in [5.74, 6) is 0. The minimum Gasteiger partial charge on any atom is -0.379 e. The summed E-state index contributed by atoms with van der Waals surface area (Å²) in [5, 5.41) is 5.89. The van der Waals surface area contributed by atoms with E-state index in [1.807, 2.05) is 12.1 Å². The molecule has 1 aliphatic heterocycles. The summed E-state index contributed by atoms with van der Waals surface area (Å²) in [6.07, 6.45) is 0.988. The fourth-order valence-electron chi connectivity index (χ4n) is 3.30. The molecule has 1 aliphatic rings. The van der Waals surface area contributed by atoms with Gasteiger partial charge in [0.25, 0.3) is 0 Å². The van der Waals surface area contributed by atoms with Gasteiger partial charge >= 0.3 is 0 Å². The van der Waals surface area contributed by atoms with E-state index in [1.165, 1.54) is 23.3 Å². The van der Waals surface area contributed by atoms with Gasteiger partial charge in [0.05, 0.1) is 24.7 Å². The van der Waals surface area contributed by atoms with Gasteiger partial charge in [-0.15, -0.1) is 11.3 Å². The van der Waals surface area contributed by atoms with E-state index in [4.69, 9.17) is 17.0 Å². The molecular formula is C21H30N4O3S3. The molecule has 0 bridgehead atoms. The maximum Gasteiger partial charge on any atom is 0.242 e. The first kappa shape index (κ1) is 24.1. The number of morpholine rings is 1. The molecule has 0 radical (unpaired) electrons. The highest BCUT2D eigenvalue weighted by Crippen LogP contribution is 2.19. The topological polar surface area (TPSA) is 65.1 Å². The van der Waals surface area contributed by atoms with Crippen molar-refractivity contribution in [1.82, 2.24) is 14.1 Å². The summed E-state index contributed by atoms with van der Waals surface area (Å²) in [4.78, 5) is 6.04. The van der Waals surface area contributed by atoms with Gasteiger partial charge in [-0.3, -0.25) is 4.90 Å². The van der Waals surface area contributed by atoms with Crippen molar-refractivity contribution in [2.45, 2.75) is 17.9 Å². The zero-order valence-corrected chi connectivity index (χ0v) is 20.4. The monoisotopic (exact) mass is 482 g/mol. The van der Waals surface area contributed by atoms with E-state index >= 15 is 0 Å². The minimum atomic E-state index is -3.50. The lowest BCUT2D eigenvalue weighted by molar-refractivity contribution is 0.0368. The number of benzene rings is 1. The zero-order chi connectivity index (χ0) is 22.3. The SMILES string of the molecule is CN(C)S(=O)(=O)c1cccc(NC(=S)N(CCCN2CCOCC2)Cc2cccs2)c1. The molecule has 1 fully saturated rings. The molecule has 1 aromatic carbocycles. The van der Waals surface area contributed by atoms with E-state index in [1.54, 1.807) is 29.5 Å². The average molecular weight is 483 g/mol. The van der Waals surface area contributed by atoms with Crippen LogP contribution in [-0.2, 0) is 21.3 Å². The fraction of sp³-hybridized carbons (Fsp3) is 0.476. The van der Waals surface area contributed by atoms with Crippen LogP contribution in [0.2, 0.25) is 0 Å². The van der Waals surface area contributed by atoms with Crippen LogP contribution in [0.3, 0.4) is 0 Å². The molecule has 0 atom stereocenters. The average Bonchev–Trinajstić information content (AvgIpc) is 3.27. The number of sulfonamides is 1. The van der Waals surface area contributed by atoms with Crippen molar-refractivity contribution in [3.63, 3.8) is 0 Å². The molecule has 170 valence electrons. The highest BCUT2D eigenvalue weighted by atomic mass is 32.2. The normalized spacial score (nSPS) is 15.2. The van der Waals surface area contributed by atoms with Gasteiger partial charge in [-0.1, -0.05) is 12.1 Å². The first-order valence-corrected chi connectivity index (χ1v) is 13.0. The molecule has 1 aromatic heterocycles. The van der Waals surface area contributed by atoms with Crippen molar-refractivity contribution in [3.05, 3.63) is 46.7 Å². The fourth-order valence-corrected chi connectivity index (χ4v) is 5.24. The Labute approximate surface area is 194 Å². The Bertz CT molecular complexity index is 943. The number of ether oxygens (including phenoxy) is 1. The van der Waals surface area contributed by atoms with Crippen molar-refractivity contribution in [3.8, 4) is 0 Å². The molecule has 7 nitrogen and oxygen atoms in total. The summed E-state index contributed by atoms with van der Waals surface area (Å²) in [6.45, 7) is 6.08. The van der Waals surface area contributed by atoms with Crippen LogP contribution < -0.4 is 5.32 Å². The standard InChI is InChI=1S/C21H30N4O3S3/c1-23(2)31(26,27)20-8-3-6-18(16-20)22-21(29)25(17-19-7-4-15-30-19)10-5-9-24-11-13-28-14-12-24/h3-4,6-8,15-16H,5,9-14,17H2,1-2H3,(H,22,29). The van der Waals surface area contributed by atoms with Gasteiger partial charge in [0.15, 0.2) is 5.11 Å². The number of thiocarbonyl (C=S) groups is 1. The number of rotatable bonds is 9. The first-order chi connectivity index (χ1) is 14.9. The maximum atomic E-state index is 12.4. The van der Waals surface area contributed by atoms with Crippen LogP contribution in [0.1, 0.15) is 11.3 Å². The Morgan fingerprint density at radius 1 is 1.23 bits per heavy atom. The van der Waals surface area contributed by atoms with Crippen LogP contribution in [0, 0.1) is 0 Å². The van der Waals surface area contributed by atoms with E-state index in [-0.39, 0.29) is 4.90 Å². The van der Waals surface area contributed by atoms with E-state index < -0.39 is 10.0 Å². The minimum absolute atomic E-state index is 0.238. The molecule has 2 aromatic rings. The number of hydrogen-bond acceptors (Lipinski definition) is 6. The molecule has 10 heteroatoms. The van der Waals surface area contributed by atoms with Gasteiger partial charge in [0.1, 0.15) is 0 Å². The van der Waals surface area contributed by atoms with Crippen LogP contribution >= 0.6 is 23.6 Å². The molecule has 0 aliphatic carbocycles. The number of anilines is 1. The largest absolute Gasteiger partial charge is 0.379 e. The lowest BCUT2D eigenvalue weighted by Gasteiger charge is -2.29. The maximum absolute atomic E-state index is 12.4. The van der Waals surface area contributed by atoms with E-state index in [2.05, 4.69) is 26.6 Å². The molecule has 3 rings (SSSR count). The molecule has 1 N–H and O–H groups in total. The van der Waals surface area contributed by atoms with Gasteiger partial charge < -0.3 is 15.0 Å². The van der Waals surface area contributed by atoms with Crippen molar-refractivity contribution in [1.29, 1.82) is 0 Å². The number of thiophene rings is 1. The molecule has 0 amide bonds. The van der Waals surface area contributed by atoms with Crippen molar-refractivity contribution in [2.24, 2.45) is 0 Å². The third-order valence-corrected chi connectivity index (χ3v) is 8.12. The number of hydrogen-bond donors (Lipinski definition) is 1. The summed E-state index contributed by atoms with van der Waals surface area (Å²) < 4.78 is 31.5. The smallest absolute Gasteiger partial charge is 0.242 e. The number of nitrogens with one attached hydrogen (secondary N) is 1. The second kappa shape index (κ2) is 11.3. The van der Waals surface area contributed by atoms with Gasteiger partial charge in [0, 0.05) is 50.8 Å². The Morgan fingerprint density at radius 3 is 2.68 bits per heavy atom. The van der Waals surface area contributed by atoms with Gasteiger partial charge in [-0.2, -0.15) is 0 Å². The lowest BCUT2D eigenvalue weighted by Crippen LogP contribution is -2.39. The second-order valence-electron chi connectivity index (χ2n) is 7.55. The van der Waals surface area contributed by atoms with Crippen LogP contribution in [0.15, 0.2) is 46.7 Å². The Hall–Kier alpha value is -1.56. The molecule has 31 heavy (non-hydrogen) atoms. The second-order valence-corrected chi connectivity index (χ2v) is 11.1. The molecule has 0 saturated carbocycles. The Balaban J connectivity index is 1.66. The van der Waals surface area contributed by atoms with E-state index in [0.717, 1.165) is 52.4 Å². The summed E-state index contributed by atoms with van der Waals surface area (Å²) in [6, 6.07) is 10.9. The molecule has 2 heterocycles. The quantitative estimate of drug-likeness (QED) is 0.551. The van der Waals surface area contributed by atoms with E-state index in [9.17, 15) is 8.42 Å². The van der Waals surface area contributed by atoms with Crippen molar-refractivity contribution >= 4 is 44.4 Å². The summed E-state index contributed by atoms with van der Waals surface area (Å²) in [5.41, 5.74) is 0.664. The zero-order valence-electron chi connectivity index (χ0n) is 18.0. The van der Waals surface area contributed by atoms with Gasteiger partial charge in [-0.05, 0) is 48.3 Å².